The van der Waals surface area contributed by atoms with Crippen molar-refractivity contribution in [3.05, 3.63) is 10.6 Å². The van der Waals surface area contributed by atoms with Gasteiger partial charge >= 0.3 is 0 Å². The Morgan fingerprint density at radius 2 is 2.19 bits per heavy atom. The highest BCUT2D eigenvalue weighted by Crippen LogP contribution is 2.28. The van der Waals surface area contributed by atoms with Crippen molar-refractivity contribution in [1.29, 1.82) is 0 Å². The monoisotopic (exact) mass is 239 g/mol. The van der Waals surface area contributed by atoms with E-state index in [1.165, 1.54) is 29.8 Å². The van der Waals surface area contributed by atoms with Crippen molar-refractivity contribution in [3.63, 3.8) is 0 Å². The van der Waals surface area contributed by atoms with Gasteiger partial charge in [-0.25, -0.2) is 4.98 Å². The first-order valence-corrected chi connectivity index (χ1v) is 6.53. The van der Waals surface area contributed by atoms with Gasteiger partial charge in [0, 0.05) is 4.88 Å². The molecule has 0 saturated heterocycles. The molecule has 0 radical (unpaired) electrons. The molecule has 0 aliphatic heterocycles. The Hall–Kier alpha value is -0.940. The maximum atomic E-state index is 11.4. The number of nitrogens with zero attached hydrogens (tertiary/aromatic N) is 1. The second-order valence-electron chi connectivity index (χ2n) is 4.23. The molecular formula is C11H17N3OS. The van der Waals surface area contributed by atoms with Crippen LogP contribution in [0.25, 0.3) is 0 Å². The molecule has 0 aromatic carbocycles. The van der Waals surface area contributed by atoms with E-state index >= 15 is 0 Å². The molecule has 0 unspecified atom stereocenters. The van der Waals surface area contributed by atoms with Crippen LogP contribution in [0.2, 0.25) is 0 Å². The van der Waals surface area contributed by atoms with Gasteiger partial charge < -0.3 is 11.1 Å². The molecule has 1 atom stereocenters. The lowest BCUT2D eigenvalue weighted by molar-refractivity contribution is -0.117. The van der Waals surface area contributed by atoms with Crippen LogP contribution in [0.5, 0.6) is 0 Å². The van der Waals surface area contributed by atoms with Gasteiger partial charge in [-0.1, -0.05) is 6.42 Å². The zero-order valence-electron chi connectivity index (χ0n) is 9.45. The van der Waals surface area contributed by atoms with E-state index in [1.807, 2.05) is 0 Å². The van der Waals surface area contributed by atoms with E-state index in [1.54, 1.807) is 18.3 Å². The maximum Gasteiger partial charge on any atom is 0.242 e. The van der Waals surface area contributed by atoms with Crippen LogP contribution in [0, 0.1) is 0 Å². The minimum absolute atomic E-state index is 0.163. The number of nitrogens with two attached hydrogens (primary N) is 1. The summed E-state index contributed by atoms with van der Waals surface area (Å²) in [7, 11) is 0. The maximum absolute atomic E-state index is 11.4. The first-order chi connectivity index (χ1) is 7.66. The van der Waals surface area contributed by atoms with E-state index in [4.69, 9.17) is 5.73 Å². The predicted octanol–water partition coefficient (Wildman–Crippen LogP) is 1.70. The summed E-state index contributed by atoms with van der Waals surface area (Å²) in [4.78, 5) is 17.2. The molecule has 1 aromatic heterocycles. The van der Waals surface area contributed by atoms with Crippen LogP contribution in [0.1, 0.15) is 36.8 Å². The molecule has 88 valence electrons. The number of fused-ring (bicyclic) bond motifs is 1. The normalized spacial score (nSPS) is 17.4. The van der Waals surface area contributed by atoms with Gasteiger partial charge in [-0.3, -0.25) is 4.79 Å². The topological polar surface area (TPSA) is 68.0 Å². The van der Waals surface area contributed by atoms with E-state index in [0.29, 0.717) is 5.13 Å². The highest BCUT2D eigenvalue weighted by Gasteiger charge is 2.16. The average Bonchev–Trinajstić information content (AvgIpc) is 2.48. The first kappa shape index (κ1) is 11.5. The van der Waals surface area contributed by atoms with Gasteiger partial charge in [0.1, 0.15) is 0 Å². The van der Waals surface area contributed by atoms with Crippen LogP contribution in [0.15, 0.2) is 0 Å². The number of nitrogens with one attached hydrogen (secondary N) is 1. The zero-order chi connectivity index (χ0) is 11.5. The minimum atomic E-state index is -0.483. The minimum Gasteiger partial charge on any atom is -0.320 e. The zero-order valence-corrected chi connectivity index (χ0v) is 10.3. The quantitative estimate of drug-likeness (QED) is 0.772. The fourth-order valence-corrected chi connectivity index (χ4v) is 2.85. The molecule has 0 fully saturated rings. The number of carbonyl (C=O) groups excluding carboxylic acids is 1. The lowest BCUT2D eigenvalue weighted by Gasteiger charge is -2.03. The molecule has 0 saturated carbocycles. The van der Waals surface area contributed by atoms with Gasteiger partial charge in [-0.15, -0.1) is 11.3 Å². The fourth-order valence-electron chi connectivity index (χ4n) is 1.80. The van der Waals surface area contributed by atoms with Crippen molar-refractivity contribution in [2.45, 2.75) is 45.1 Å². The average molecular weight is 239 g/mol. The second kappa shape index (κ2) is 4.93. The van der Waals surface area contributed by atoms with E-state index in [0.717, 1.165) is 12.8 Å². The number of aromatic nitrogens is 1. The number of rotatable bonds is 2. The predicted molar refractivity (Wildman–Crippen MR) is 65.7 cm³/mol. The molecule has 3 N–H and O–H groups in total. The van der Waals surface area contributed by atoms with Crippen LogP contribution in [0.3, 0.4) is 0 Å². The van der Waals surface area contributed by atoms with E-state index in [9.17, 15) is 4.79 Å². The second-order valence-corrected chi connectivity index (χ2v) is 5.31. The molecule has 1 aliphatic carbocycles. The molecule has 0 bridgehead atoms. The van der Waals surface area contributed by atoms with E-state index in [2.05, 4.69) is 10.3 Å². The summed E-state index contributed by atoms with van der Waals surface area (Å²) in [6, 6.07) is -0.483. The van der Waals surface area contributed by atoms with Crippen molar-refractivity contribution in [1.82, 2.24) is 4.98 Å². The van der Waals surface area contributed by atoms with Crippen molar-refractivity contribution >= 4 is 22.4 Å². The Kier molecular flexibility index (Phi) is 3.56. The number of aryl methyl sites for hydroxylation is 2. The molecular weight excluding hydrogens is 222 g/mol. The first-order valence-electron chi connectivity index (χ1n) is 5.72. The highest BCUT2D eigenvalue weighted by molar-refractivity contribution is 7.15. The van der Waals surface area contributed by atoms with Gasteiger partial charge in [0.25, 0.3) is 0 Å². The summed E-state index contributed by atoms with van der Waals surface area (Å²) in [6.07, 6.45) is 5.86. The molecule has 1 aromatic rings. The third kappa shape index (κ3) is 2.59. The van der Waals surface area contributed by atoms with Crippen molar-refractivity contribution < 1.29 is 4.79 Å². The van der Waals surface area contributed by atoms with Gasteiger partial charge in [0.2, 0.25) is 5.91 Å². The number of anilines is 1. The number of amides is 1. The van der Waals surface area contributed by atoms with Gasteiger partial charge in [0.05, 0.1) is 11.7 Å². The molecule has 0 spiro atoms. The number of hydrogen-bond acceptors (Lipinski definition) is 4. The summed E-state index contributed by atoms with van der Waals surface area (Å²) < 4.78 is 0. The largest absolute Gasteiger partial charge is 0.320 e. The number of thiazole rings is 1. The standard InChI is InChI=1S/C11H17N3OS/c1-7(12)10(15)14-11-13-8-5-3-2-4-6-9(8)16-11/h7H,2-6,12H2,1H3,(H,13,14,15)/t7-/m1/s1. The molecule has 4 nitrogen and oxygen atoms in total. The van der Waals surface area contributed by atoms with E-state index in [-0.39, 0.29) is 5.91 Å². The third-order valence-electron chi connectivity index (χ3n) is 2.74. The molecule has 2 rings (SSSR count). The Bertz CT molecular complexity index is 363. The summed E-state index contributed by atoms with van der Waals surface area (Å²) in [6.45, 7) is 1.67. The number of carbonyl (C=O) groups is 1. The van der Waals surface area contributed by atoms with Crippen LogP contribution >= 0.6 is 11.3 Å². The molecule has 1 amide bonds. The Morgan fingerprint density at radius 1 is 1.44 bits per heavy atom. The third-order valence-corrected chi connectivity index (χ3v) is 3.81. The lowest BCUT2D eigenvalue weighted by atomic mass is 10.2. The number of hydrogen-bond donors (Lipinski definition) is 2. The van der Waals surface area contributed by atoms with Crippen LogP contribution in [0.4, 0.5) is 5.13 Å². The summed E-state index contributed by atoms with van der Waals surface area (Å²) in [5, 5.41) is 3.47. The van der Waals surface area contributed by atoms with Gasteiger partial charge in [-0.05, 0) is 32.6 Å². The Morgan fingerprint density at radius 3 is 2.94 bits per heavy atom. The van der Waals surface area contributed by atoms with Crippen LogP contribution < -0.4 is 11.1 Å². The van der Waals surface area contributed by atoms with E-state index < -0.39 is 6.04 Å². The van der Waals surface area contributed by atoms with Crippen molar-refractivity contribution in [2.24, 2.45) is 5.73 Å². The molecule has 1 aliphatic rings. The Balaban J connectivity index is 2.09. The molecule has 1 heterocycles. The summed E-state index contributed by atoms with van der Waals surface area (Å²) in [5.74, 6) is -0.163. The SMILES string of the molecule is C[C@@H](N)C(=O)Nc1nc2c(s1)CCCCC2. The summed E-state index contributed by atoms with van der Waals surface area (Å²) >= 11 is 1.60. The highest BCUT2D eigenvalue weighted by atomic mass is 32.1. The van der Waals surface area contributed by atoms with Gasteiger partial charge in [0.15, 0.2) is 5.13 Å². The van der Waals surface area contributed by atoms with Crippen LogP contribution in [-0.2, 0) is 17.6 Å². The van der Waals surface area contributed by atoms with Gasteiger partial charge in [-0.2, -0.15) is 0 Å². The molecule has 16 heavy (non-hydrogen) atoms. The smallest absolute Gasteiger partial charge is 0.242 e. The Labute approximate surface area is 99.3 Å². The lowest BCUT2D eigenvalue weighted by Crippen LogP contribution is -2.32. The van der Waals surface area contributed by atoms with Crippen molar-refractivity contribution in [2.75, 3.05) is 5.32 Å². The van der Waals surface area contributed by atoms with Crippen molar-refractivity contribution in [3.8, 4) is 0 Å². The fraction of sp³-hybridized carbons (Fsp3) is 0.636. The van der Waals surface area contributed by atoms with Crippen LogP contribution in [-0.4, -0.2) is 16.9 Å². The molecule has 5 heteroatoms. The summed E-state index contributed by atoms with van der Waals surface area (Å²) in [5.41, 5.74) is 6.66.